The smallest absolute Gasteiger partial charge is 0.335 e. The fraction of sp³-hybridized carbons (Fsp3) is 0.133. The molecule has 0 bridgehead atoms. The molecule has 0 heterocycles. The van der Waals surface area contributed by atoms with E-state index in [1.54, 1.807) is 6.92 Å². The Balaban J connectivity index is 2.40. The van der Waals surface area contributed by atoms with Gasteiger partial charge in [0.1, 0.15) is 5.82 Å². The van der Waals surface area contributed by atoms with Crippen LogP contribution in [0.2, 0.25) is 0 Å². The molecule has 4 nitrogen and oxygen atoms in total. The van der Waals surface area contributed by atoms with E-state index in [-0.39, 0.29) is 16.2 Å². The average molecular weight is 308 g/mol. The highest BCUT2D eigenvalue weighted by Gasteiger charge is 2.18. The number of rotatable bonds is 4. The van der Waals surface area contributed by atoms with Gasteiger partial charge in [-0.25, -0.2) is 17.6 Å². The van der Waals surface area contributed by atoms with Gasteiger partial charge in [0.2, 0.25) is 0 Å². The molecule has 0 fully saturated rings. The Kier molecular flexibility index (Phi) is 4.09. The summed E-state index contributed by atoms with van der Waals surface area (Å²) < 4.78 is 37.7. The van der Waals surface area contributed by atoms with E-state index in [4.69, 9.17) is 5.11 Å². The maximum absolute atomic E-state index is 13.1. The number of hydrogen-bond acceptors (Lipinski definition) is 3. The molecule has 0 unspecified atom stereocenters. The SMILES string of the molecule is Cc1ccc(S(=O)(=O)Cc2cccc(F)c2)cc1C(=O)O. The van der Waals surface area contributed by atoms with Crippen molar-refractivity contribution in [3.63, 3.8) is 0 Å². The minimum Gasteiger partial charge on any atom is -0.478 e. The van der Waals surface area contributed by atoms with Crippen molar-refractivity contribution in [3.05, 3.63) is 65.0 Å². The fourth-order valence-electron chi connectivity index (χ4n) is 1.95. The molecule has 0 spiro atoms. The lowest BCUT2D eigenvalue weighted by Crippen LogP contribution is -2.08. The van der Waals surface area contributed by atoms with Crippen molar-refractivity contribution in [2.75, 3.05) is 0 Å². The zero-order valence-corrected chi connectivity index (χ0v) is 12.0. The molecule has 110 valence electrons. The summed E-state index contributed by atoms with van der Waals surface area (Å²) in [7, 11) is -3.73. The molecule has 2 aromatic carbocycles. The number of benzene rings is 2. The maximum Gasteiger partial charge on any atom is 0.335 e. The first-order chi connectivity index (χ1) is 9.79. The van der Waals surface area contributed by atoms with Gasteiger partial charge in [0, 0.05) is 0 Å². The molecule has 0 atom stereocenters. The van der Waals surface area contributed by atoms with Gasteiger partial charge in [-0.1, -0.05) is 18.2 Å². The Labute approximate surface area is 121 Å². The van der Waals surface area contributed by atoms with E-state index in [1.807, 2.05) is 0 Å². The lowest BCUT2D eigenvalue weighted by Gasteiger charge is -2.07. The standard InChI is InChI=1S/C15H13FO4S/c1-10-5-6-13(8-14(10)15(17)18)21(19,20)9-11-3-2-4-12(16)7-11/h2-8H,9H2,1H3,(H,17,18). The third-order valence-corrected chi connectivity index (χ3v) is 4.73. The molecule has 2 rings (SSSR count). The predicted molar refractivity (Wildman–Crippen MR) is 75.4 cm³/mol. The highest BCUT2D eigenvalue weighted by atomic mass is 32.2. The lowest BCUT2D eigenvalue weighted by molar-refractivity contribution is 0.0696. The summed E-state index contributed by atoms with van der Waals surface area (Å²) in [5.41, 5.74) is 0.731. The molecular weight excluding hydrogens is 295 g/mol. The van der Waals surface area contributed by atoms with Crippen molar-refractivity contribution in [1.29, 1.82) is 0 Å². The van der Waals surface area contributed by atoms with Crippen molar-refractivity contribution in [3.8, 4) is 0 Å². The molecule has 0 aromatic heterocycles. The summed E-state index contributed by atoms with van der Waals surface area (Å²) in [5.74, 6) is -2.08. The number of aromatic carboxylic acids is 1. The van der Waals surface area contributed by atoms with E-state index < -0.39 is 21.6 Å². The normalized spacial score (nSPS) is 11.3. The summed E-state index contributed by atoms with van der Waals surface area (Å²) in [5, 5.41) is 9.04. The Hall–Kier alpha value is -2.21. The van der Waals surface area contributed by atoms with Gasteiger partial charge in [0.05, 0.1) is 16.2 Å². The second-order valence-corrected chi connectivity index (χ2v) is 6.66. The number of sulfone groups is 1. The van der Waals surface area contributed by atoms with Crippen LogP contribution < -0.4 is 0 Å². The number of carboxylic acids is 1. The summed E-state index contributed by atoms with van der Waals surface area (Å²) in [4.78, 5) is 11.0. The monoisotopic (exact) mass is 308 g/mol. The van der Waals surface area contributed by atoms with E-state index in [1.165, 1.54) is 30.3 Å². The Morgan fingerprint density at radius 3 is 2.52 bits per heavy atom. The van der Waals surface area contributed by atoms with Gasteiger partial charge >= 0.3 is 5.97 Å². The third kappa shape index (κ3) is 3.46. The van der Waals surface area contributed by atoms with Crippen LogP contribution in [0.5, 0.6) is 0 Å². The first-order valence-electron chi connectivity index (χ1n) is 6.11. The van der Waals surface area contributed by atoms with Gasteiger partial charge in [0.15, 0.2) is 9.84 Å². The van der Waals surface area contributed by atoms with E-state index >= 15 is 0 Å². The van der Waals surface area contributed by atoms with Gasteiger partial charge in [-0.3, -0.25) is 0 Å². The second kappa shape index (κ2) is 5.65. The number of halogens is 1. The Morgan fingerprint density at radius 1 is 1.19 bits per heavy atom. The Bertz CT molecular complexity index is 797. The van der Waals surface area contributed by atoms with Crippen LogP contribution in [0.15, 0.2) is 47.4 Å². The van der Waals surface area contributed by atoms with Gasteiger partial charge in [-0.05, 0) is 42.3 Å². The van der Waals surface area contributed by atoms with Crippen LogP contribution in [0.1, 0.15) is 21.5 Å². The molecule has 0 aliphatic heterocycles. The molecule has 0 radical (unpaired) electrons. The average Bonchev–Trinajstić information content (AvgIpc) is 2.38. The summed E-state index contributed by atoms with van der Waals surface area (Å²) in [6, 6.07) is 9.24. The van der Waals surface area contributed by atoms with E-state index in [9.17, 15) is 17.6 Å². The predicted octanol–water partition coefficient (Wildman–Crippen LogP) is 2.81. The number of carbonyl (C=O) groups is 1. The minimum atomic E-state index is -3.73. The molecule has 0 aliphatic carbocycles. The van der Waals surface area contributed by atoms with Crippen molar-refractivity contribution in [1.82, 2.24) is 0 Å². The van der Waals surface area contributed by atoms with E-state index in [0.717, 1.165) is 12.1 Å². The fourth-order valence-corrected chi connectivity index (χ4v) is 3.31. The molecule has 0 saturated carbocycles. The van der Waals surface area contributed by atoms with Gasteiger partial charge in [-0.15, -0.1) is 0 Å². The Morgan fingerprint density at radius 2 is 1.90 bits per heavy atom. The highest BCUT2D eigenvalue weighted by Crippen LogP contribution is 2.20. The molecule has 6 heteroatoms. The summed E-state index contributed by atoms with van der Waals surface area (Å²) in [6.07, 6.45) is 0. The van der Waals surface area contributed by atoms with Gasteiger partial charge in [-0.2, -0.15) is 0 Å². The van der Waals surface area contributed by atoms with Crippen LogP contribution in [-0.2, 0) is 15.6 Å². The quantitative estimate of drug-likeness (QED) is 0.942. The molecule has 0 amide bonds. The molecule has 21 heavy (non-hydrogen) atoms. The molecule has 2 aromatic rings. The van der Waals surface area contributed by atoms with Crippen LogP contribution in [0.25, 0.3) is 0 Å². The molecule has 0 saturated heterocycles. The van der Waals surface area contributed by atoms with Crippen molar-refractivity contribution in [2.45, 2.75) is 17.6 Å². The zero-order valence-electron chi connectivity index (χ0n) is 11.2. The number of hydrogen-bond donors (Lipinski definition) is 1. The number of aryl methyl sites for hydroxylation is 1. The summed E-state index contributed by atoms with van der Waals surface area (Å²) >= 11 is 0. The van der Waals surface area contributed by atoms with E-state index in [2.05, 4.69) is 0 Å². The largest absolute Gasteiger partial charge is 0.478 e. The van der Waals surface area contributed by atoms with E-state index in [0.29, 0.717) is 11.1 Å². The number of carboxylic acid groups (broad SMARTS) is 1. The van der Waals surface area contributed by atoms with Crippen LogP contribution >= 0.6 is 0 Å². The third-order valence-electron chi connectivity index (χ3n) is 3.04. The van der Waals surface area contributed by atoms with Gasteiger partial charge in [0.25, 0.3) is 0 Å². The first kappa shape index (κ1) is 15.2. The molecule has 1 N–H and O–H groups in total. The summed E-state index contributed by atoms with van der Waals surface area (Å²) in [6.45, 7) is 1.59. The molecule has 0 aliphatic rings. The maximum atomic E-state index is 13.1. The van der Waals surface area contributed by atoms with Crippen LogP contribution in [0.3, 0.4) is 0 Å². The van der Waals surface area contributed by atoms with Crippen LogP contribution in [0, 0.1) is 12.7 Å². The lowest BCUT2D eigenvalue weighted by atomic mass is 10.1. The van der Waals surface area contributed by atoms with Crippen molar-refractivity contribution >= 4 is 15.8 Å². The molecular formula is C15H13FO4S. The van der Waals surface area contributed by atoms with Crippen LogP contribution in [0.4, 0.5) is 4.39 Å². The van der Waals surface area contributed by atoms with Crippen LogP contribution in [-0.4, -0.2) is 19.5 Å². The van der Waals surface area contributed by atoms with Crippen molar-refractivity contribution in [2.24, 2.45) is 0 Å². The topological polar surface area (TPSA) is 71.4 Å². The van der Waals surface area contributed by atoms with Gasteiger partial charge < -0.3 is 5.11 Å². The zero-order chi connectivity index (χ0) is 15.6. The second-order valence-electron chi connectivity index (χ2n) is 4.67. The van der Waals surface area contributed by atoms with Crippen molar-refractivity contribution < 1.29 is 22.7 Å². The first-order valence-corrected chi connectivity index (χ1v) is 7.76. The minimum absolute atomic E-state index is 0.0599. The highest BCUT2D eigenvalue weighted by molar-refractivity contribution is 7.90.